The molecular formula is C11H7F6N3. The Hall–Kier alpha value is -2.06. The summed E-state index contributed by atoms with van der Waals surface area (Å²) in [5.41, 5.74) is -1.02. The second kappa shape index (κ2) is 4.80. The van der Waals surface area contributed by atoms with Gasteiger partial charge in [0.1, 0.15) is 0 Å². The first-order valence-electron chi connectivity index (χ1n) is 5.31. The van der Waals surface area contributed by atoms with Crippen molar-refractivity contribution in [3.05, 3.63) is 41.7 Å². The highest BCUT2D eigenvalue weighted by Crippen LogP contribution is 2.29. The van der Waals surface area contributed by atoms with Gasteiger partial charge in [-0.2, -0.15) is 41.3 Å². The van der Waals surface area contributed by atoms with E-state index < -0.39 is 24.3 Å². The van der Waals surface area contributed by atoms with E-state index >= 15 is 0 Å². The van der Waals surface area contributed by atoms with Crippen molar-refractivity contribution >= 4 is 0 Å². The molecule has 0 saturated carbocycles. The largest absolute Gasteiger partial charge is 0.416 e. The number of rotatable bonds is 2. The molecule has 0 fully saturated rings. The quantitative estimate of drug-likeness (QED) is 0.795. The molecule has 20 heavy (non-hydrogen) atoms. The summed E-state index contributed by atoms with van der Waals surface area (Å²) in [6, 6.07) is 3.78. The van der Waals surface area contributed by atoms with Crippen LogP contribution in [0.4, 0.5) is 26.3 Å². The van der Waals surface area contributed by atoms with Crippen molar-refractivity contribution in [1.82, 2.24) is 15.0 Å². The van der Waals surface area contributed by atoms with Crippen LogP contribution in [0.25, 0.3) is 5.69 Å². The van der Waals surface area contributed by atoms with Crippen LogP contribution in [0, 0.1) is 0 Å². The lowest BCUT2D eigenvalue weighted by atomic mass is 10.2. The van der Waals surface area contributed by atoms with E-state index in [-0.39, 0.29) is 11.4 Å². The highest BCUT2D eigenvalue weighted by molar-refractivity contribution is 5.33. The normalized spacial score (nSPS) is 12.7. The zero-order valence-corrected chi connectivity index (χ0v) is 9.70. The Kier molecular flexibility index (Phi) is 3.45. The van der Waals surface area contributed by atoms with E-state index in [1.165, 1.54) is 0 Å². The topological polar surface area (TPSA) is 30.7 Å². The fourth-order valence-electron chi connectivity index (χ4n) is 1.49. The molecule has 0 saturated heterocycles. The summed E-state index contributed by atoms with van der Waals surface area (Å²) in [6.45, 7) is 0. The molecule has 2 rings (SSSR count). The minimum Gasteiger partial charge on any atom is -0.171 e. The molecule has 2 aromatic rings. The molecule has 9 heteroatoms. The average Bonchev–Trinajstić information content (AvgIpc) is 2.74. The number of hydrogen-bond donors (Lipinski definition) is 0. The second-order valence-electron chi connectivity index (χ2n) is 3.96. The van der Waals surface area contributed by atoms with E-state index in [0.717, 1.165) is 35.3 Å². The zero-order chi connectivity index (χ0) is 15.0. The Balaban J connectivity index is 2.20. The van der Waals surface area contributed by atoms with Gasteiger partial charge < -0.3 is 0 Å². The van der Waals surface area contributed by atoms with E-state index in [4.69, 9.17) is 0 Å². The highest BCUT2D eigenvalue weighted by Gasteiger charge is 2.31. The summed E-state index contributed by atoms with van der Waals surface area (Å²) in [6.07, 6.45) is -9.21. The van der Waals surface area contributed by atoms with Gasteiger partial charge >= 0.3 is 12.4 Å². The van der Waals surface area contributed by atoms with Gasteiger partial charge in [-0.1, -0.05) is 0 Å². The van der Waals surface area contributed by atoms with Crippen LogP contribution in [0.3, 0.4) is 0 Å². The predicted octanol–water partition coefficient (Wildman–Crippen LogP) is 3.39. The SMILES string of the molecule is FC(F)(F)Cc1cnn(-c2ccc(C(F)(F)F)cc2)n1. The molecule has 0 bridgehead atoms. The van der Waals surface area contributed by atoms with Crippen LogP contribution < -0.4 is 0 Å². The molecule has 0 radical (unpaired) electrons. The van der Waals surface area contributed by atoms with Crippen LogP contribution in [0.1, 0.15) is 11.3 Å². The third-order valence-electron chi connectivity index (χ3n) is 2.35. The van der Waals surface area contributed by atoms with Crippen molar-refractivity contribution < 1.29 is 26.3 Å². The minimum absolute atomic E-state index is 0.145. The summed E-state index contributed by atoms with van der Waals surface area (Å²) in [5, 5.41) is 7.15. The first-order valence-corrected chi connectivity index (χ1v) is 5.31. The number of benzene rings is 1. The second-order valence-corrected chi connectivity index (χ2v) is 3.96. The summed E-state index contributed by atoms with van der Waals surface area (Å²) >= 11 is 0. The first kappa shape index (κ1) is 14.4. The minimum atomic E-state index is -4.47. The Labute approximate surface area is 108 Å². The van der Waals surface area contributed by atoms with Gasteiger partial charge in [0.2, 0.25) is 0 Å². The van der Waals surface area contributed by atoms with Crippen LogP contribution in [-0.2, 0) is 12.6 Å². The number of nitrogens with zero attached hydrogens (tertiary/aromatic N) is 3. The van der Waals surface area contributed by atoms with Crippen LogP contribution in [0.5, 0.6) is 0 Å². The molecule has 0 spiro atoms. The molecule has 0 aliphatic carbocycles. The maximum atomic E-state index is 12.3. The van der Waals surface area contributed by atoms with Crippen molar-refractivity contribution in [1.29, 1.82) is 0 Å². The third kappa shape index (κ3) is 3.49. The van der Waals surface area contributed by atoms with Gasteiger partial charge in [0, 0.05) is 0 Å². The lowest BCUT2D eigenvalue weighted by Gasteiger charge is -2.07. The molecule has 0 aliphatic heterocycles. The monoisotopic (exact) mass is 295 g/mol. The van der Waals surface area contributed by atoms with Gasteiger partial charge in [-0.25, -0.2) is 0 Å². The fraction of sp³-hybridized carbons (Fsp3) is 0.273. The van der Waals surface area contributed by atoms with E-state index in [1.807, 2.05) is 0 Å². The third-order valence-corrected chi connectivity index (χ3v) is 2.35. The molecular weight excluding hydrogens is 288 g/mol. The molecule has 108 valence electrons. The van der Waals surface area contributed by atoms with Crippen molar-refractivity contribution in [2.45, 2.75) is 18.8 Å². The number of aromatic nitrogens is 3. The Morgan fingerprint density at radius 2 is 1.55 bits per heavy atom. The van der Waals surface area contributed by atoms with Crippen molar-refractivity contribution in [3.63, 3.8) is 0 Å². The maximum Gasteiger partial charge on any atom is 0.416 e. The number of hydrogen-bond acceptors (Lipinski definition) is 2. The predicted molar refractivity (Wildman–Crippen MR) is 56.1 cm³/mol. The summed E-state index contributed by atoms with van der Waals surface area (Å²) < 4.78 is 73.5. The Bertz CT molecular complexity index is 581. The van der Waals surface area contributed by atoms with Gasteiger partial charge in [0.15, 0.2) is 0 Å². The highest BCUT2D eigenvalue weighted by atomic mass is 19.4. The van der Waals surface area contributed by atoms with Crippen LogP contribution in [0.15, 0.2) is 30.5 Å². The van der Waals surface area contributed by atoms with E-state index in [9.17, 15) is 26.3 Å². The summed E-state index contributed by atoms with van der Waals surface area (Å²) in [7, 11) is 0. The molecule has 0 N–H and O–H groups in total. The molecule has 0 unspecified atom stereocenters. The lowest BCUT2D eigenvalue weighted by Crippen LogP contribution is -2.12. The van der Waals surface area contributed by atoms with Crippen LogP contribution in [0.2, 0.25) is 0 Å². The molecule has 0 aliphatic rings. The van der Waals surface area contributed by atoms with Crippen molar-refractivity contribution in [2.24, 2.45) is 0 Å². The Morgan fingerprint density at radius 3 is 2.05 bits per heavy atom. The molecule has 3 nitrogen and oxygen atoms in total. The maximum absolute atomic E-state index is 12.3. The molecule has 0 amide bonds. The first-order chi connectivity index (χ1) is 9.15. The summed E-state index contributed by atoms with van der Waals surface area (Å²) in [4.78, 5) is 0.848. The number of halogens is 6. The lowest BCUT2D eigenvalue weighted by molar-refractivity contribution is -0.137. The van der Waals surface area contributed by atoms with Crippen molar-refractivity contribution in [2.75, 3.05) is 0 Å². The molecule has 1 aromatic heterocycles. The van der Waals surface area contributed by atoms with Crippen LogP contribution in [-0.4, -0.2) is 21.2 Å². The molecule has 0 atom stereocenters. The molecule has 1 aromatic carbocycles. The van der Waals surface area contributed by atoms with Gasteiger partial charge in [0.05, 0.1) is 29.6 Å². The molecule has 1 heterocycles. The van der Waals surface area contributed by atoms with E-state index in [2.05, 4.69) is 10.2 Å². The number of alkyl halides is 6. The smallest absolute Gasteiger partial charge is 0.171 e. The Morgan fingerprint density at radius 1 is 0.950 bits per heavy atom. The van der Waals surface area contributed by atoms with Gasteiger partial charge in [-0.3, -0.25) is 0 Å². The summed E-state index contributed by atoms with van der Waals surface area (Å²) in [5.74, 6) is 0. The van der Waals surface area contributed by atoms with Crippen molar-refractivity contribution in [3.8, 4) is 5.69 Å². The standard InChI is InChI=1S/C11H7F6N3/c12-10(13,14)5-8-6-18-20(19-8)9-3-1-7(2-4-9)11(15,16)17/h1-4,6H,5H2. The van der Waals surface area contributed by atoms with Gasteiger partial charge in [-0.15, -0.1) is 0 Å². The van der Waals surface area contributed by atoms with Gasteiger partial charge in [-0.05, 0) is 24.3 Å². The van der Waals surface area contributed by atoms with Crippen LogP contribution >= 0.6 is 0 Å². The van der Waals surface area contributed by atoms with E-state index in [0.29, 0.717) is 0 Å². The van der Waals surface area contributed by atoms with Gasteiger partial charge in [0.25, 0.3) is 0 Å². The fourth-order valence-corrected chi connectivity index (χ4v) is 1.49. The average molecular weight is 295 g/mol. The van der Waals surface area contributed by atoms with E-state index in [1.54, 1.807) is 0 Å². The zero-order valence-electron chi connectivity index (χ0n) is 9.70.